The van der Waals surface area contributed by atoms with Gasteiger partial charge in [0.25, 0.3) is 0 Å². The molecule has 0 bridgehead atoms. The van der Waals surface area contributed by atoms with Crippen molar-refractivity contribution in [3.63, 3.8) is 0 Å². The van der Waals surface area contributed by atoms with Crippen LogP contribution in [0.2, 0.25) is 0 Å². The summed E-state index contributed by atoms with van der Waals surface area (Å²) in [5.41, 5.74) is 0.400. The topological polar surface area (TPSA) is 35.5 Å². The second-order valence-electron chi connectivity index (χ2n) is 4.32. The van der Waals surface area contributed by atoms with E-state index in [4.69, 9.17) is 9.47 Å². The number of rotatable bonds is 2. The van der Waals surface area contributed by atoms with Crippen LogP contribution in [-0.2, 0) is 10.2 Å². The molecule has 0 atom stereocenters. The van der Waals surface area contributed by atoms with Crippen LogP contribution in [0.25, 0.3) is 0 Å². The van der Waals surface area contributed by atoms with Crippen molar-refractivity contribution in [3.8, 4) is 11.5 Å². The molecule has 86 valence electrons. The molecule has 1 heterocycles. The third-order valence-electron chi connectivity index (χ3n) is 2.64. The van der Waals surface area contributed by atoms with Crippen LogP contribution >= 0.6 is 15.9 Å². The van der Waals surface area contributed by atoms with Gasteiger partial charge >= 0.3 is 0 Å². The molecule has 1 aliphatic heterocycles. The Bertz CT molecular complexity index is 427. The van der Waals surface area contributed by atoms with E-state index in [0.29, 0.717) is 19.0 Å². The third-order valence-corrected chi connectivity index (χ3v) is 3.22. The predicted molar refractivity (Wildman–Crippen MR) is 64.2 cm³/mol. The maximum absolute atomic E-state index is 11.0. The van der Waals surface area contributed by atoms with Gasteiger partial charge < -0.3 is 14.3 Å². The molecule has 3 nitrogen and oxygen atoms in total. The van der Waals surface area contributed by atoms with Gasteiger partial charge in [-0.15, -0.1) is 0 Å². The molecule has 0 fully saturated rings. The average Bonchev–Trinajstić information content (AvgIpc) is 2.29. The first-order chi connectivity index (χ1) is 7.54. The lowest BCUT2D eigenvalue weighted by molar-refractivity contribution is -0.111. The second kappa shape index (κ2) is 4.09. The number of benzene rings is 1. The van der Waals surface area contributed by atoms with E-state index < -0.39 is 5.41 Å². The van der Waals surface area contributed by atoms with Crippen LogP contribution < -0.4 is 9.47 Å². The van der Waals surface area contributed by atoms with E-state index in [1.54, 1.807) is 0 Å². The standard InChI is InChI=1S/C12H13BrO3/c1-12(2,7-14)8-5-9(13)11-10(6-8)15-3-4-16-11/h5-7H,3-4H2,1-2H3. The van der Waals surface area contributed by atoms with Crippen LogP contribution in [0.1, 0.15) is 19.4 Å². The normalized spacial score (nSPS) is 14.7. The third kappa shape index (κ3) is 1.94. The fraction of sp³-hybridized carbons (Fsp3) is 0.417. The van der Waals surface area contributed by atoms with Gasteiger partial charge in [0, 0.05) is 5.41 Å². The Morgan fingerprint density at radius 1 is 1.31 bits per heavy atom. The smallest absolute Gasteiger partial charge is 0.175 e. The molecule has 0 saturated heterocycles. The minimum absolute atomic E-state index is 0.516. The molecular weight excluding hydrogens is 272 g/mol. The Labute approximate surface area is 103 Å². The molecule has 16 heavy (non-hydrogen) atoms. The highest BCUT2D eigenvalue weighted by atomic mass is 79.9. The van der Waals surface area contributed by atoms with Gasteiger partial charge in [0.2, 0.25) is 0 Å². The Balaban J connectivity index is 2.51. The minimum atomic E-state index is -0.516. The van der Waals surface area contributed by atoms with E-state index >= 15 is 0 Å². The number of carbonyl (C=O) groups is 1. The summed E-state index contributed by atoms with van der Waals surface area (Å²) in [4.78, 5) is 11.0. The largest absolute Gasteiger partial charge is 0.486 e. The first kappa shape index (κ1) is 11.5. The Morgan fingerprint density at radius 2 is 2.00 bits per heavy atom. The highest BCUT2D eigenvalue weighted by Gasteiger charge is 2.24. The van der Waals surface area contributed by atoms with Gasteiger partial charge in [-0.05, 0) is 47.5 Å². The average molecular weight is 285 g/mol. The quantitative estimate of drug-likeness (QED) is 0.784. The minimum Gasteiger partial charge on any atom is -0.486 e. The summed E-state index contributed by atoms with van der Waals surface area (Å²) in [5.74, 6) is 1.42. The summed E-state index contributed by atoms with van der Waals surface area (Å²) in [6.45, 7) is 4.85. The molecule has 0 aromatic heterocycles. The summed E-state index contributed by atoms with van der Waals surface area (Å²) in [6, 6.07) is 3.77. The van der Waals surface area contributed by atoms with Crippen molar-refractivity contribution in [2.45, 2.75) is 19.3 Å². The summed E-state index contributed by atoms with van der Waals surface area (Å²) >= 11 is 3.43. The van der Waals surface area contributed by atoms with Crippen molar-refractivity contribution in [1.82, 2.24) is 0 Å². The van der Waals surface area contributed by atoms with Crippen molar-refractivity contribution in [2.24, 2.45) is 0 Å². The first-order valence-electron chi connectivity index (χ1n) is 5.10. The van der Waals surface area contributed by atoms with Crippen molar-refractivity contribution < 1.29 is 14.3 Å². The van der Waals surface area contributed by atoms with Crippen LogP contribution in [-0.4, -0.2) is 19.5 Å². The lowest BCUT2D eigenvalue weighted by Gasteiger charge is -2.24. The van der Waals surface area contributed by atoms with Gasteiger partial charge in [-0.2, -0.15) is 0 Å². The number of fused-ring (bicyclic) bond motifs is 1. The first-order valence-corrected chi connectivity index (χ1v) is 5.90. The van der Waals surface area contributed by atoms with Crippen LogP contribution in [0.3, 0.4) is 0 Å². The molecular formula is C12H13BrO3. The zero-order valence-electron chi connectivity index (χ0n) is 9.25. The molecule has 0 saturated carbocycles. The van der Waals surface area contributed by atoms with E-state index in [1.807, 2.05) is 26.0 Å². The molecule has 0 spiro atoms. The second-order valence-corrected chi connectivity index (χ2v) is 5.18. The number of hydrogen-bond acceptors (Lipinski definition) is 3. The van der Waals surface area contributed by atoms with Crippen LogP contribution in [0.15, 0.2) is 16.6 Å². The lowest BCUT2D eigenvalue weighted by Crippen LogP contribution is -2.21. The van der Waals surface area contributed by atoms with E-state index in [1.165, 1.54) is 0 Å². The molecule has 0 amide bonds. The van der Waals surface area contributed by atoms with Gasteiger partial charge in [-0.25, -0.2) is 0 Å². The van der Waals surface area contributed by atoms with Gasteiger partial charge in [0.15, 0.2) is 11.5 Å². The summed E-state index contributed by atoms with van der Waals surface area (Å²) in [6.07, 6.45) is 0.935. The SMILES string of the molecule is CC(C)(C=O)c1cc(Br)c2c(c1)OCCO2. The Hall–Kier alpha value is -1.03. The monoisotopic (exact) mass is 284 g/mol. The molecule has 1 aromatic rings. The van der Waals surface area contributed by atoms with Crippen molar-refractivity contribution >= 4 is 22.2 Å². The fourth-order valence-corrected chi connectivity index (χ4v) is 2.11. The lowest BCUT2D eigenvalue weighted by atomic mass is 9.86. The van der Waals surface area contributed by atoms with Crippen LogP contribution in [0.4, 0.5) is 0 Å². The van der Waals surface area contributed by atoms with Gasteiger partial charge in [-0.1, -0.05) is 0 Å². The number of hydrogen-bond donors (Lipinski definition) is 0. The molecule has 0 unspecified atom stereocenters. The number of ether oxygens (including phenoxy) is 2. The molecule has 1 aliphatic rings. The molecule has 2 rings (SSSR count). The Kier molecular flexibility index (Phi) is 2.93. The zero-order chi connectivity index (χ0) is 11.8. The molecule has 0 N–H and O–H groups in total. The van der Waals surface area contributed by atoms with Gasteiger partial charge in [0.05, 0.1) is 4.47 Å². The van der Waals surface area contributed by atoms with E-state index in [-0.39, 0.29) is 0 Å². The van der Waals surface area contributed by atoms with Gasteiger partial charge in [-0.3, -0.25) is 0 Å². The van der Waals surface area contributed by atoms with E-state index in [9.17, 15) is 4.79 Å². The fourth-order valence-electron chi connectivity index (χ4n) is 1.55. The Morgan fingerprint density at radius 3 is 2.69 bits per heavy atom. The zero-order valence-corrected chi connectivity index (χ0v) is 10.8. The van der Waals surface area contributed by atoms with Crippen molar-refractivity contribution in [3.05, 3.63) is 22.2 Å². The molecule has 0 aliphatic carbocycles. The number of carbonyl (C=O) groups excluding carboxylic acids is 1. The predicted octanol–water partition coefficient (Wildman–Crippen LogP) is 2.70. The summed E-state index contributed by atoms with van der Waals surface area (Å²) in [5, 5.41) is 0. The van der Waals surface area contributed by atoms with Gasteiger partial charge in [0.1, 0.15) is 19.5 Å². The molecule has 1 aromatic carbocycles. The van der Waals surface area contributed by atoms with Crippen molar-refractivity contribution in [1.29, 1.82) is 0 Å². The van der Waals surface area contributed by atoms with Crippen LogP contribution in [0.5, 0.6) is 11.5 Å². The molecule has 0 radical (unpaired) electrons. The summed E-state index contributed by atoms with van der Waals surface area (Å²) in [7, 11) is 0. The highest BCUT2D eigenvalue weighted by Crippen LogP contribution is 2.40. The van der Waals surface area contributed by atoms with Crippen molar-refractivity contribution in [2.75, 3.05) is 13.2 Å². The summed E-state index contributed by atoms with van der Waals surface area (Å²) < 4.78 is 11.8. The number of aldehydes is 1. The van der Waals surface area contributed by atoms with E-state index in [2.05, 4.69) is 15.9 Å². The maximum atomic E-state index is 11.0. The number of halogens is 1. The van der Waals surface area contributed by atoms with Crippen LogP contribution in [0, 0.1) is 0 Å². The van der Waals surface area contributed by atoms with E-state index in [0.717, 1.165) is 22.1 Å². The maximum Gasteiger partial charge on any atom is 0.175 e. The molecule has 4 heteroatoms. The highest BCUT2D eigenvalue weighted by molar-refractivity contribution is 9.10.